The van der Waals surface area contributed by atoms with Crippen molar-refractivity contribution in [2.75, 3.05) is 5.94 Å². The lowest BCUT2D eigenvalue weighted by Crippen LogP contribution is -2.08. The van der Waals surface area contributed by atoms with Gasteiger partial charge in [0.05, 0.1) is 4.90 Å². The summed E-state index contributed by atoms with van der Waals surface area (Å²) in [6, 6.07) is 7.81. The van der Waals surface area contributed by atoms with E-state index in [0.29, 0.717) is 0 Å². The van der Waals surface area contributed by atoms with Gasteiger partial charge in [0.2, 0.25) is 9.84 Å². The average Bonchev–Trinajstić information content (AvgIpc) is 2.16. The molecular formula is C8H8O4S. The van der Waals surface area contributed by atoms with E-state index in [9.17, 15) is 13.2 Å². The van der Waals surface area contributed by atoms with Crippen LogP contribution in [0.4, 0.5) is 0 Å². The van der Waals surface area contributed by atoms with Gasteiger partial charge in [0.1, 0.15) is 0 Å². The molecule has 0 aliphatic heterocycles. The second-order valence-electron chi connectivity index (χ2n) is 2.31. The number of ether oxygens (including phenoxy) is 1. The molecule has 13 heavy (non-hydrogen) atoms. The van der Waals surface area contributed by atoms with E-state index in [2.05, 4.69) is 4.74 Å². The molecule has 0 fully saturated rings. The summed E-state index contributed by atoms with van der Waals surface area (Å²) in [5, 5.41) is 0. The maximum atomic E-state index is 11.3. The number of benzene rings is 1. The van der Waals surface area contributed by atoms with Gasteiger partial charge in [-0.05, 0) is 12.1 Å². The van der Waals surface area contributed by atoms with Crippen LogP contribution < -0.4 is 0 Å². The van der Waals surface area contributed by atoms with Crippen molar-refractivity contribution in [2.45, 2.75) is 4.90 Å². The summed E-state index contributed by atoms with van der Waals surface area (Å²) in [4.78, 5) is 9.95. The standard InChI is InChI=1S/C8H8O4S/c9-6-12-7-13(10,11)8-4-2-1-3-5-8/h1-6H,7H2. The van der Waals surface area contributed by atoms with E-state index in [1.807, 2.05) is 0 Å². The van der Waals surface area contributed by atoms with Crippen LogP contribution in [0.15, 0.2) is 35.2 Å². The minimum atomic E-state index is -3.48. The number of hydrogen-bond donors (Lipinski definition) is 0. The largest absolute Gasteiger partial charge is 0.451 e. The third-order valence-corrected chi connectivity index (χ3v) is 2.83. The van der Waals surface area contributed by atoms with Crippen molar-refractivity contribution in [1.29, 1.82) is 0 Å². The molecule has 0 aliphatic rings. The molecule has 1 rings (SSSR count). The molecule has 0 saturated carbocycles. The van der Waals surface area contributed by atoms with Crippen molar-refractivity contribution in [3.63, 3.8) is 0 Å². The minimum Gasteiger partial charge on any atom is -0.451 e. The molecule has 0 N–H and O–H groups in total. The maximum Gasteiger partial charge on any atom is 0.294 e. The van der Waals surface area contributed by atoms with Gasteiger partial charge in [0.25, 0.3) is 6.47 Å². The normalized spacial score (nSPS) is 10.8. The van der Waals surface area contributed by atoms with E-state index in [1.165, 1.54) is 12.1 Å². The smallest absolute Gasteiger partial charge is 0.294 e. The monoisotopic (exact) mass is 200 g/mol. The van der Waals surface area contributed by atoms with Crippen LogP contribution in [0.2, 0.25) is 0 Å². The van der Waals surface area contributed by atoms with E-state index in [0.717, 1.165) is 0 Å². The lowest BCUT2D eigenvalue weighted by atomic mass is 10.4. The second-order valence-corrected chi connectivity index (χ2v) is 4.25. The fourth-order valence-corrected chi connectivity index (χ4v) is 1.76. The van der Waals surface area contributed by atoms with Crippen LogP contribution in [-0.4, -0.2) is 20.8 Å². The molecule has 4 nitrogen and oxygen atoms in total. The number of sulfone groups is 1. The van der Waals surface area contributed by atoms with Gasteiger partial charge in [-0.2, -0.15) is 0 Å². The molecule has 0 spiro atoms. The Morgan fingerprint density at radius 2 is 1.85 bits per heavy atom. The zero-order chi connectivity index (χ0) is 9.73. The van der Waals surface area contributed by atoms with E-state index in [1.54, 1.807) is 18.2 Å². The first-order valence-corrected chi connectivity index (χ1v) is 5.15. The molecular weight excluding hydrogens is 192 g/mol. The predicted molar refractivity (Wildman–Crippen MR) is 45.6 cm³/mol. The molecule has 0 bridgehead atoms. The number of hydrogen-bond acceptors (Lipinski definition) is 4. The molecule has 1 aromatic carbocycles. The fraction of sp³-hybridized carbons (Fsp3) is 0.125. The Bertz CT molecular complexity index is 368. The number of rotatable bonds is 4. The van der Waals surface area contributed by atoms with E-state index in [-0.39, 0.29) is 11.4 Å². The molecule has 0 aromatic heterocycles. The van der Waals surface area contributed by atoms with Crippen molar-refractivity contribution in [1.82, 2.24) is 0 Å². The summed E-state index contributed by atoms with van der Waals surface area (Å²) in [7, 11) is -3.48. The van der Waals surface area contributed by atoms with Gasteiger partial charge < -0.3 is 4.74 Å². The Hall–Kier alpha value is -1.36. The lowest BCUT2D eigenvalue weighted by Gasteiger charge is -2.01. The van der Waals surface area contributed by atoms with Crippen molar-refractivity contribution in [2.24, 2.45) is 0 Å². The molecule has 0 saturated heterocycles. The van der Waals surface area contributed by atoms with Crippen LogP contribution in [0, 0.1) is 0 Å². The van der Waals surface area contributed by atoms with Crippen molar-refractivity contribution < 1.29 is 17.9 Å². The third kappa shape index (κ3) is 2.55. The van der Waals surface area contributed by atoms with Crippen molar-refractivity contribution in [3.05, 3.63) is 30.3 Å². The molecule has 0 aliphatic carbocycles. The first kappa shape index (κ1) is 9.73. The molecule has 0 atom stereocenters. The molecule has 5 heteroatoms. The Morgan fingerprint density at radius 1 is 1.23 bits per heavy atom. The van der Waals surface area contributed by atoms with Crippen LogP contribution >= 0.6 is 0 Å². The van der Waals surface area contributed by atoms with Gasteiger partial charge in [-0.3, -0.25) is 4.79 Å². The first-order valence-electron chi connectivity index (χ1n) is 3.50. The Balaban J connectivity index is 2.88. The second kappa shape index (κ2) is 4.04. The average molecular weight is 200 g/mol. The maximum absolute atomic E-state index is 11.3. The van der Waals surface area contributed by atoms with Gasteiger partial charge in [0.15, 0.2) is 5.94 Å². The van der Waals surface area contributed by atoms with Gasteiger partial charge in [0, 0.05) is 0 Å². The summed E-state index contributed by atoms with van der Waals surface area (Å²) in [6.45, 7) is 0.112. The highest BCUT2D eigenvalue weighted by Gasteiger charge is 2.13. The molecule has 0 unspecified atom stereocenters. The van der Waals surface area contributed by atoms with E-state index < -0.39 is 15.8 Å². The number of carbonyl (C=O) groups is 1. The number of carbonyl (C=O) groups excluding carboxylic acids is 1. The van der Waals surface area contributed by atoms with E-state index in [4.69, 9.17) is 0 Å². The molecule has 70 valence electrons. The molecule has 0 radical (unpaired) electrons. The highest BCUT2D eigenvalue weighted by atomic mass is 32.2. The Labute approximate surface area is 76.1 Å². The summed E-state index contributed by atoms with van der Waals surface area (Å²) in [6.07, 6.45) is 0. The SMILES string of the molecule is O=COCS(=O)(=O)c1ccccc1. The van der Waals surface area contributed by atoms with Crippen LogP contribution in [0.3, 0.4) is 0 Å². The zero-order valence-electron chi connectivity index (χ0n) is 6.71. The van der Waals surface area contributed by atoms with E-state index >= 15 is 0 Å². The topological polar surface area (TPSA) is 60.4 Å². The van der Waals surface area contributed by atoms with Gasteiger partial charge in [-0.25, -0.2) is 8.42 Å². The molecule has 0 heterocycles. The van der Waals surface area contributed by atoms with Gasteiger partial charge >= 0.3 is 0 Å². The summed E-state index contributed by atoms with van der Waals surface area (Å²) < 4.78 is 26.8. The minimum absolute atomic E-state index is 0.112. The van der Waals surface area contributed by atoms with Crippen molar-refractivity contribution in [3.8, 4) is 0 Å². The third-order valence-electron chi connectivity index (χ3n) is 1.39. The van der Waals surface area contributed by atoms with Crippen LogP contribution in [0.25, 0.3) is 0 Å². The summed E-state index contributed by atoms with van der Waals surface area (Å²) >= 11 is 0. The Kier molecular flexibility index (Phi) is 3.02. The lowest BCUT2D eigenvalue weighted by molar-refractivity contribution is -0.126. The van der Waals surface area contributed by atoms with Crippen LogP contribution in [0.1, 0.15) is 0 Å². The van der Waals surface area contributed by atoms with Gasteiger partial charge in [-0.15, -0.1) is 0 Å². The summed E-state index contributed by atoms with van der Waals surface area (Å²) in [5.74, 6) is -0.611. The summed E-state index contributed by atoms with van der Waals surface area (Å²) in [5.41, 5.74) is 0. The van der Waals surface area contributed by atoms with Crippen LogP contribution in [-0.2, 0) is 19.4 Å². The highest BCUT2D eigenvalue weighted by Crippen LogP contribution is 2.09. The van der Waals surface area contributed by atoms with Crippen LogP contribution in [0.5, 0.6) is 0 Å². The Morgan fingerprint density at radius 3 is 2.38 bits per heavy atom. The fourth-order valence-electron chi connectivity index (χ4n) is 0.813. The predicted octanol–water partition coefficient (Wildman–Crippen LogP) is 0.591. The van der Waals surface area contributed by atoms with Crippen molar-refractivity contribution >= 4 is 16.3 Å². The quantitative estimate of drug-likeness (QED) is 0.667. The van der Waals surface area contributed by atoms with Gasteiger partial charge in [-0.1, -0.05) is 18.2 Å². The molecule has 1 aromatic rings. The first-order chi connectivity index (χ1) is 6.17. The zero-order valence-corrected chi connectivity index (χ0v) is 7.53. The molecule has 0 amide bonds. The highest BCUT2D eigenvalue weighted by molar-refractivity contribution is 7.91.